The summed E-state index contributed by atoms with van der Waals surface area (Å²) in [5, 5.41) is 5.87. The van der Waals surface area contributed by atoms with E-state index in [1.165, 1.54) is 6.42 Å². The van der Waals surface area contributed by atoms with Crippen molar-refractivity contribution in [3.05, 3.63) is 72.2 Å². The number of nitrogens with one attached hydrogen (secondary N) is 1. The maximum absolute atomic E-state index is 13.2. The lowest BCUT2D eigenvalue weighted by Crippen LogP contribution is -2.53. The van der Waals surface area contributed by atoms with Crippen LogP contribution >= 0.6 is 22.6 Å². The Kier molecular flexibility index (Phi) is 9.21. The van der Waals surface area contributed by atoms with Gasteiger partial charge in [0.05, 0.1) is 35.4 Å². The predicted octanol–water partition coefficient (Wildman–Crippen LogP) is 8.44. The second-order valence-corrected chi connectivity index (χ2v) is 22.6. The summed E-state index contributed by atoms with van der Waals surface area (Å²) in [6, 6.07) is 18.5. The number of aromatic nitrogens is 4. The first kappa shape index (κ1) is 32.6. The molecule has 4 aromatic rings. The minimum absolute atomic E-state index is 0.138. The molecule has 10 heteroatoms. The monoisotopic (exact) mass is 729 g/mol. The van der Waals surface area contributed by atoms with Gasteiger partial charge in [0, 0.05) is 22.3 Å². The maximum Gasteiger partial charge on any atom is 0.192 e. The van der Waals surface area contributed by atoms with Crippen LogP contribution in [-0.4, -0.2) is 37.4 Å². The standard InChI is InChI=1S/C33H44IN5O2SSi/c1-31(2,3)42(40)38-33(34,25-12-9-13-25)29-16-11-15-27(37-29)23-18-19-24-21-35-39(28(24)20-23)30-17-10-14-26(36-30)22-41-43(7,8)32(4,5)6/h10-11,14-21,25,38H,9,12-13,22H2,1-8H3/t33-,42-/m1/s1. The lowest BCUT2D eigenvalue weighted by atomic mass is 9.78. The van der Waals surface area contributed by atoms with Gasteiger partial charge in [-0.3, -0.25) is 0 Å². The molecule has 0 radical (unpaired) electrons. The molecule has 43 heavy (non-hydrogen) atoms. The highest BCUT2D eigenvalue weighted by Crippen LogP contribution is 2.48. The maximum atomic E-state index is 13.2. The molecule has 1 aliphatic rings. The highest BCUT2D eigenvalue weighted by atomic mass is 127. The van der Waals surface area contributed by atoms with Crippen LogP contribution in [0.15, 0.2) is 60.8 Å². The summed E-state index contributed by atoms with van der Waals surface area (Å²) in [7, 11) is -1.89. The van der Waals surface area contributed by atoms with Gasteiger partial charge >= 0.3 is 0 Å². The second kappa shape index (κ2) is 12.2. The molecular weight excluding hydrogens is 685 g/mol. The van der Waals surface area contributed by atoms with Crippen molar-refractivity contribution < 1.29 is 8.98 Å². The number of hydrogen-bond donors (Lipinski definition) is 1. The second-order valence-electron chi connectivity index (χ2n) is 14.1. The van der Waals surface area contributed by atoms with Crippen LogP contribution in [0, 0.1) is 5.92 Å². The molecule has 1 aromatic carbocycles. The normalized spacial score (nSPS) is 17.1. The zero-order valence-corrected chi connectivity index (χ0v) is 30.5. The van der Waals surface area contributed by atoms with E-state index in [0.717, 1.165) is 52.2 Å². The largest absolute Gasteiger partial charge is 0.598 e. The van der Waals surface area contributed by atoms with Crippen molar-refractivity contribution in [3.8, 4) is 17.1 Å². The molecule has 0 saturated heterocycles. The van der Waals surface area contributed by atoms with E-state index in [2.05, 4.69) is 91.5 Å². The molecule has 1 fully saturated rings. The Hall–Kier alpha value is -1.83. The number of alkyl halides is 1. The average Bonchev–Trinajstić information content (AvgIpc) is 3.33. The van der Waals surface area contributed by atoms with Crippen LogP contribution < -0.4 is 4.72 Å². The van der Waals surface area contributed by atoms with Crippen molar-refractivity contribution in [1.82, 2.24) is 24.5 Å². The van der Waals surface area contributed by atoms with E-state index in [1.54, 1.807) is 0 Å². The number of pyridine rings is 2. The molecule has 0 unspecified atom stereocenters. The number of nitrogens with zero attached hydrogens (tertiary/aromatic N) is 4. The molecule has 5 rings (SSSR count). The van der Waals surface area contributed by atoms with E-state index in [-0.39, 0.29) is 9.79 Å². The minimum atomic E-state index is -1.89. The zero-order chi connectivity index (χ0) is 31.2. The summed E-state index contributed by atoms with van der Waals surface area (Å²) in [5.74, 6) is 1.14. The molecule has 2 atom stereocenters. The van der Waals surface area contributed by atoms with Crippen LogP contribution in [0.25, 0.3) is 28.0 Å². The van der Waals surface area contributed by atoms with Gasteiger partial charge in [-0.05, 0) is 111 Å². The van der Waals surface area contributed by atoms with E-state index < -0.39 is 23.2 Å². The van der Waals surface area contributed by atoms with Crippen molar-refractivity contribution in [1.29, 1.82) is 0 Å². The number of benzene rings is 1. The third kappa shape index (κ3) is 6.89. The van der Waals surface area contributed by atoms with Gasteiger partial charge < -0.3 is 8.98 Å². The zero-order valence-electron chi connectivity index (χ0n) is 26.6. The van der Waals surface area contributed by atoms with E-state index in [9.17, 15) is 4.55 Å². The Morgan fingerprint density at radius 1 is 1.02 bits per heavy atom. The molecule has 3 aromatic heterocycles. The van der Waals surface area contributed by atoms with Crippen molar-refractivity contribution in [2.75, 3.05) is 0 Å². The van der Waals surface area contributed by atoms with Gasteiger partial charge in [-0.25, -0.2) is 14.6 Å². The molecule has 7 nitrogen and oxygen atoms in total. The van der Waals surface area contributed by atoms with Crippen LogP contribution in [0.3, 0.4) is 0 Å². The van der Waals surface area contributed by atoms with Crippen molar-refractivity contribution >= 4 is 53.2 Å². The summed E-state index contributed by atoms with van der Waals surface area (Å²) in [6.07, 6.45) is 5.27. The van der Waals surface area contributed by atoms with Gasteiger partial charge in [-0.1, -0.05) is 51.5 Å². The quantitative estimate of drug-likeness (QED) is 0.0612. The topological polar surface area (TPSA) is 87.9 Å². The van der Waals surface area contributed by atoms with E-state index in [4.69, 9.17) is 19.5 Å². The van der Waals surface area contributed by atoms with E-state index in [0.29, 0.717) is 12.5 Å². The van der Waals surface area contributed by atoms with E-state index in [1.807, 2.05) is 55.9 Å². The van der Waals surface area contributed by atoms with Gasteiger partial charge in [-0.2, -0.15) is 5.10 Å². The van der Waals surface area contributed by atoms with Gasteiger partial charge in [0.2, 0.25) is 0 Å². The summed E-state index contributed by atoms with van der Waals surface area (Å²) < 4.78 is 24.2. The number of fused-ring (bicyclic) bond motifs is 1. The lowest BCUT2D eigenvalue weighted by molar-refractivity contribution is 0.234. The van der Waals surface area contributed by atoms with Crippen LogP contribution in [0.2, 0.25) is 18.1 Å². The van der Waals surface area contributed by atoms with Crippen LogP contribution in [0.1, 0.15) is 72.2 Å². The van der Waals surface area contributed by atoms with Crippen molar-refractivity contribution in [2.24, 2.45) is 5.92 Å². The number of hydrogen-bond acceptors (Lipinski definition) is 6. The minimum Gasteiger partial charge on any atom is -0.598 e. The third-order valence-electron chi connectivity index (χ3n) is 8.85. The van der Waals surface area contributed by atoms with Gasteiger partial charge in [-0.15, -0.1) is 4.72 Å². The SMILES string of the molecule is CC(C)(C)[S@@+]([O-])N[C@@](I)(c1cccc(-c2ccc3cnn(-c4cccc(CO[Si](C)(C)C(C)(C)C)n4)c3c2)n1)C1CCC1. The molecule has 1 aliphatic carbocycles. The first-order valence-electron chi connectivity index (χ1n) is 15.0. The van der Waals surface area contributed by atoms with Gasteiger partial charge in [0.1, 0.15) is 4.75 Å². The fourth-order valence-electron chi connectivity index (χ4n) is 4.73. The highest BCUT2D eigenvalue weighted by molar-refractivity contribution is 14.1. The highest BCUT2D eigenvalue weighted by Gasteiger charge is 2.47. The van der Waals surface area contributed by atoms with Gasteiger partial charge in [0.25, 0.3) is 0 Å². The lowest BCUT2D eigenvalue weighted by Gasteiger charge is -2.42. The summed E-state index contributed by atoms with van der Waals surface area (Å²) >= 11 is 1.24. The Bertz CT molecular complexity index is 1590. The number of halogens is 1. The van der Waals surface area contributed by atoms with Crippen LogP contribution in [0.5, 0.6) is 0 Å². The molecule has 1 N–H and O–H groups in total. The van der Waals surface area contributed by atoms with Gasteiger partial charge in [0.15, 0.2) is 17.7 Å². The Balaban J connectivity index is 1.46. The predicted molar refractivity (Wildman–Crippen MR) is 188 cm³/mol. The summed E-state index contributed by atoms with van der Waals surface area (Å²) in [4.78, 5) is 10.1. The molecule has 230 valence electrons. The Morgan fingerprint density at radius 3 is 2.40 bits per heavy atom. The Morgan fingerprint density at radius 2 is 1.74 bits per heavy atom. The molecule has 1 saturated carbocycles. The average molecular weight is 730 g/mol. The molecule has 0 aliphatic heterocycles. The van der Waals surface area contributed by atoms with Crippen molar-refractivity contribution in [2.45, 2.75) is 93.8 Å². The summed E-state index contributed by atoms with van der Waals surface area (Å²) in [6.45, 7) is 17.8. The van der Waals surface area contributed by atoms with Crippen LogP contribution in [0.4, 0.5) is 0 Å². The third-order valence-corrected chi connectivity index (χ3v) is 17.0. The molecule has 0 bridgehead atoms. The Labute approximate surface area is 274 Å². The first-order valence-corrected chi connectivity index (χ1v) is 20.2. The van der Waals surface area contributed by atoms with Crippen LogP contribution in [-0.2, 0) is 25.9 Å². The van der Waals surface area contributed by atoms with Crippen molar-refractivity contribution in [3.63, 3.8) is 0 Å². The smallest absolute Gasteiger partial charge is 0.192 e. The first-order chi connectivity index (χ1) is 20.1. The molecular formula is C33H44IN5O2SSi. The fraction of sp³-hybridized carbons (Fsp3) is 0.485. The summed E-state index contributed by atoms with van der Waals surface area (Å²) in [5.41, 5.74) is 4.65. The van der Waals surface area contributed by atoms with E-state index >= 15 is 0 Å². The fourth-order valence-corrected chi connectivity index (χ4v) is 8.05. The number of rotatable bonds is 9. The molecule has 3 heterocycles. The molecule has 0 spiro atoms. The molecule has 0 amide bonds.